The molecule has 4 N–H and O–H groups in total. The van der Waals surface area contributed by atoms with E-state index in [1.165, 1.54) is 7.05 Å². The van der Waals surface area contributed by atoms with Gasteiger partial charge in [0.15, 0.2) is 0 Å². The van der Waals surface area contributed by atoms with Gasteiger partial charge in [-0.1, -0.05) is 0 Å². The molecule has 1 saturated carbocycles. The molecule has 17 heavy (non-hydrogen) atoms. The van der Waals surface area contributed by atoms with Crippen molar-refractivity contribution in [3.63, 3.8) is 0 Å². The van der Waals surface area contributed by atoms with E-state index >= 15 is 0 Å². The van der Waals surface area contributed by atoms with Crippen LogP contribution in [0.5, 0.6) is 0 Å². The van der Waals surface area contributed by atoms with Crippen molar-refractivity contribution >= 4 is 24.2 Å². The van der Waals surface area contributed by atoms with E-state index in [0.29, 0.717) is 12.8 Å². The predicted molar refractivity (Wildman–Crippen MR) is 60.0 cm³/mol. The van der Waals surface area contributed by atoms with Gasteiger partial charge in [-0.05, 0) is 12.8 Å². The molecule has 1 aliphatic carbocycles. The highest BCUT2D eigenvalue weighted by Gasteiger charge is 2.56. The number of alkyl halides is 2. The summed E-state index contributed by atoms with van der Waals surface area (Å²) in [6, 6.07) is 0. The Balaban J connectivity index is 0.00000256. The summed E-state index contributed by atoms with van der Waals surface area (Å²) in [6.45, 7) is -1.67. The third kappa shape index (κ3) is 3.50. The molecule has 5 nitrogen and oxygen atoms in total. The van der Waals surface area contributed by atoms with Crippen molar-refractivity contribution in [2.24, 2.45) is 11.1 Å². The van der Waals surface area contributed by atoms with Gasteiger partial charge >= 0.3 is 0 Å². The van der Waals surface area contributed by atoms with Gasteiger partial charge in [-0.3, -0.25) is 9.59 Å². The average Bonchev–Trinajstić information content (AvgIpc) is 3.06. The Kier molecular flexibility index (Phi) is 5.28. The fraction of sp³-hybridized carbons (Fsp3) is 0.778. The van der Waals surface area contributed by atoms with Crippen LogP contribution in [0.2, 0.25) is 0 Å². The highest BCUT2D eigenvalue weighted by molar-refractivity contribution is 6.07. The molecule has 8 heteroatoms. The lowest BCUT2D eigenvalue weighted by molar-refractivity contribution is -0.138. The molecule has 0 bridgehead atoms. The van der Waals surface area contributed by atoms with Crippen LogP contribution in [0.1, 0.15) is 12.8 Å². The number of nitrogens with two attached hydrogens (primary N) is 1. The lowest BCUT2D eigenvalue weighted by Gasteiger charge is -2.18. The summed E-state index contributed by atoms with van der Waals surface area (Å²) in [5.41, 5.74) is 3.68. The summed E-state index contributed by atoms with van der Waals surface area (Å²) < 4.78 is 25.5. The summed E-state index contributed by atoms with van der Waals surface area (Å²) in [7, 11) is 1.41. The van der Waals surface area contributed by atoms with Crippen LogP contribution in [0.3, 0.4) is 0 Å². The second-order valence-corrected chi connectivity index (χ2v) is 3.90. The molecular weight excluding hydrogens is 256 g/mol. The van der Waals surface area contributed by atoms with Crippen molar-refractivity contribution in [1.82, 2.24) is 10.6 Å². The maximum absolute atomic E-state index is 12.8. The number of hydrogen-bond donors (Lipinski definition) is 3. The van der Waals surface area contributed by atoms with E-state index in [1.807, 2.05) is 0 Å². The first-order valence-corrected chi connectivity index (χ1v) is 4.96. The molecule has 0 aromatic heterocycles. The lowest BCUT2D eigenvalue weighted by Crippen LogP contribution is -2.47. The predicted octanol–water partition coefficient (Wildman–Crippen LogP) is -0.355. The molecule has 0 aliphatic heterocycles. The number of nitrogens with one attached hydrogen (secondary N) is 2. The zero-order valence-corrected chi connectivity index (χ0v) is 10.2. The molecule has 0 spiro atoms. The van der Waals surface area contributed by atoms with Crippen molar-refractivity contribution in [3.8, 4) is 0 Å². The minimum atomic E-state index is -3.13. The van der Waals surface area contributed by atoms with Gasteiger partial charge in [0.25, 0.3) is 5.92 Å². The van der Waals surface area contributed by atoms with Crippen molar-refractivity contribution in [3.05, 3.63) is 0 Å². The van der Waals surface area contributed by atoms with Crippen molar-refractivity contribution in [1.29, 1.82) is 0 Å². The molecule has 0 saturated heterocycles. The van der Waals surface area contributed by atoms with Gasteiger partial charge in [-0.15, -0.1) is 12.4 Å². The van der Waals surface area contributed by atoms with Gasteiger partial charge in [-0.25, -0.2) is 8.78 Å². The molecule has 0 radical (unpaired) electrons. The van der Waals surface area contributed by atoms with Crippen molar-refractivity contribution in [2.75, 3.05) is 20.1 Å². The SMILES string of the molecule is CNC(=O)C1(C(=O)NCC(F)(F)CN)CC1.Cl. The topological polar surface area (TPSA) is 84.2 Å². The Morgan fingerprint density at radius 1 is 1.35 bits per heavy atom. The molecule has 2 amide bonds. The third-order valence-corrected chi connectivity index (χ3v) is 2.65. The number of carbonyl (C=O) groups excluding carboxylic acids is 2. The van der Waals surface area contributed by atoms with Crippen LogP contribution in [-0.4, -0.2) is 37.9 Å². The first kappa shape index (κ1) is 16.1. The molecule has 0 unspecified atom stereocenters. The molecule has 1 aliphatic rings. The van der Waals surface area contributed by atoms with Gasteiger partial charge in [0.1, 0.15) is 5.41 Å². The first-order valence-electron chi connectivity index (χ1n) is 4.96. The second-order valence-electron chi connectivity index (χ2n) is 3.90. The first-order chi connectivity index (χ1) is 7.38. The highest BCUT2D eigenvalue weighted by Crippen LogP contribution is 2.46. The largest absolute Gasteiger partial charge is 0.358 e. The molecular formula is C9H16ClF2N3O2. The lowest BCUT2D eigenvalue weighted by atomic mass is 10.1. The number of halogens is 3. The number of carbonyl (C=O) groups is 2. The fourth-order valence-electron chi connectivity index (χ4n) is 1.37. The van der Waals surface area contributed by atoms with Crippen LogP contribution in [0.25, 0.3) is 0 Å². The summed E-state index contributed by atoms with van der Waals surface area (Å²) in [4.78, 5) is 22.9. The number of rotatable bonds is 5. The molecule has 0 atom stereocenters. The monoisotopic (exact) mass is 271 g/mol. The van der Waals surface area contributed by atoms with E-state index in [1.54, 1.807) is 0 Å². The number of hydrogen-bond acceptors (Lipinski definition) is 3. The van der Waals surface area contributed by atoms with Crippen molar-refractivity contribution in [2.45, 2.75) is 18.8 Å². The summed E-state index contributed by atoms with van der Waals surface area (Å²) in [5.74, 6) is -4.21. The Morgan fingerprint density at radius 2 is 1.88 bits per heavy atom. The summed E-state index contributed by atoms with van der Waals surface area (Å²) in [5, 5.41) is 4.41. The van der Waals surface area contributed by atoms with E-state index in [4.69, 9.17) is 5.73 Å². The molecule has 100 valence electrons. The van der Waals surface area contributed by atoms with Crippen LogP contribution in [-0.2, 0) is 9.59 Å². The normalized spacial score (nSPS) is 16.7. The van der Waals surface area contributed by atoms with Crippen LogP contribution in [0.4, 0.5) is 8.78 Å². The highest BCUT2D eigenvalue weighted by atomic mass is 35.5. The summed E-state index contributed by atoms with van der Waals surface area (Å²) in [6.07, 6.45) is 0.791. The van der Waals surface area contributed by atoms with E-state index in [0.717, 1.165) is 0 Å². The van der Waals surface area contributed by atoms with Crippen molar-refractivity contribution < 1.29 is 18.4 Å². The van der Waals surface area contributed by atoms with Gasteiger partial charge in [0.05, 0.1) is 13.1 Å². The maximum Gasteiger partial charge on any atom is 0.277 e. The Labute approximate surface area is 104 Å². The Hall–Kier alpha value is -0.950. The van der Waals surface area contributed by atoms with E-state index in [-0.39, 0.29) is 12.4 Å². The van der Waals surface area contributed by atoms with Gasteiger partial charge < -0.3 is 16.4 Å². The minimum absolute atomic E-state index is 0. The minimum Gasteiger partial charge on any atom is -0.358 e. The fourth-order valence-corrected chi connectivity index (χ4v) is 1.37. The van der Waals surface area contributed by atoms with Crippen LogP contribution in [0, 0.1) is 5.41 Å². The third-order valence-electron chi connectivity index (χ3n) is 2.65. The van der Waals surface area contributed by atoms with Crippen LogP contribution < -0.4 is 16.4 Å². The van der Waals surface area contributed by atoms with E-state index < -0.39 is 36.2 Å². The van der Waals surface area contributed by atoms with E-state index in [9.17, 15) is 18.4 Å². The Bertz CT molecular complexity index is 309. The summed E-state index contributed by atoms with van der Waals surface area (Å²) >= 11 is 0. The van der Waals surface area contributed by atoms with Crippen LogP contribution >= 0.6 is 12.4 Å². The smallest absolute Gasteiger partial charge is 0.277 e. The zero-order chi connectivity index (χ0) is 12.4. The van der Waals surface area contributed by atoms with E-state index in [2.05, 4.69) is 10.6 Å². The standard InChI is InChI=1S/C9H15F2N3O2.ClH/c1-13-6(15)8(2-3-8)7(16)14-5-9(10,11)4-12;/h2-5,12H2,1H3,(H,13,15)(H,14,16);1H. The quantitative estimate of drug-likeness (QED) is 0.597. The van der Waals surface area contributed by atoms with Crippen LogP contribution in [0.15, 0.2) is 0 Å². The van der Waals surface area contributed by atoms with Gasteiger partial charge in [0, 0.05) is 7.05 Å². The molecule has 1 fully saturated rings. The van der Waals surface area contributed by atoms with Gasteiger partial charge in [0.2, 0.25) is 11.8 Å². The second kappa shape index (κ2) is 5.59. The molecule has 0 aromatic rings. The zero-order valence-electron chi connectivity index (χ0n) is 9.39. The number of amides is 2. The Morgan fingerprint density at radius 3 is 2.24 bits per heavy atom. The molecule has 0 aromatic carbocycles. The van der Waals surface area contributed by atoms with Gasteiger partial charge in [-0.2, -0.15) is 0 Å². The maximum atomic E-state index is 12.8. The average molecular weight is 272 g/mol. The molecule has 0 heterocycles. The molecule has 1 rings (SSSR count).